The molecule has 3 aromatic rings. The van der Waals surface area contributed by atoms with E-state index in [2.05, 4.69) is 9.88 Å². The third-order valence-electron chi connectivity index (χ3n) is 6.94. The van der Waals surface area contributed by atoms with Gasteiger partial charge in [0.2, 0.25) is 0 Å². The van der Waals surface area contributed by atoms with Crippen molar-refractivity contribution in [3.63, 3.8) is 0 Å². The van der Waals surface area contributed by atoms with Crippen molar-refractivity contribution in [2.75, 3.05) is 31.1 Å². The van der Waals surface area contributed by atoms with E-state index >= 15 is 0 Å². The fraction of sp³-hybridized carbons (Fsp3) is 0.357. The maximum absolute atomic E-state index is 13.1. The summed E-state index contributed by atoms with van der Waals surface area (Å²) < 4.78 is 39.4. The van der Waals surface area contributed by atoms with Gasteiger partial charge in [0.05, 0.1) is 17.9 Å². The molecule has 0 amide bonds. The number of hydrogen-bond donors (Lipinski definition) is 2. The third kappa shape index (κ3) is 5.62. The predicted octanol–water partition coefficient (Wildman–Crippen LogP) is 5.03. The first-order valence-electron chi connectivity index (χ1n) is 12.3. The van der Waals surface area contributed by atoms with E-state index in [0.717, 1.165) is 42.0 Å². The summed E-state index contributed by atoms with van der Waals surface area (Å²) in [5.74, 6) is 0.681. The quantitative estimate of drug-likeness (QED) is 0.486. The van der Waals surface area contributed by atoms with Gasteiger partial charge in [-0.15, -0.1) is 0 Å². The van der Waals surface area contributed by atoms with Gasteiger partial charge in [0.1, 0.15) is 17.9 Å². The second kappa shape index (κ2) is 10.1. The van der Waals surface area contributed by atoms with Gasteiger partial charge in [-0.25, -0.2) is 4.98 Å². The average molecular weight is 509 g/mol. The first-order chi connectivity index (χ1) is 17.7. The van der Waals surface area contributed by atoms with Crippen LogP contribution in [0.25, 0.3) is 11.3 Å². The van der Waals surface area contributed by atoms with Crippen molar-refractivity contribution in [2.24, 2.45) is 5.92 Å². The van der Waals surface area contributed by atoms with E-state index in [1.807, 2.05) is 29.2 Å². The van der Waals surface area contributed by atoms with E-state index in [1.165, 1.54) is 31.0 Å². The molecule has 1 fully saturated rings. The highest BCUT2D eigenvalue weighted by Crippen LogP contribution is 2.38. The second-order valence-corrected chi connectivity index (χ2v) is 9.70. The molecule has 2 N–H and O–H groups in total. The van der Waals surface area contributed by atoms with Gasteiger partial charge in [0.25, 0.3) is 0 Å². The fourth-order valence-electron chi connectivity index (χ4n) is 4.79. The van der Waals surface area contributed by atoms with E-state index in [4.69, 9.17) is 0 Å². The monoisotopic (exact) mass is 508 g/mol. The SMILES string of the molecule is N#Cc1cc(C(O)CO)cc(-c2ccc3c(c2)CN(CC2CC2)CCN3c2ccc(C(F)(F)F)cc2)n1. The van der Waals surface area contributed by atoms with Crippen LogP contribution in [0.4, 0.5) is 24.5 Å². The molecule has 2 aromatic carbocycles. The number of nitrogens with zero attached hydrogens (tertiary/aromatic N) is 4. The van der Waals surface area contributed by atoms with Crippen LogP contribution in [-0.4, -0.2) is 46.3 Å². The molecule has 0 radical (unpaired) electrons. The van der Waals surface area contributed by atoms with E-state index in [9.17, 15) is 28.6 Å². The molecule has 1 saturated carbocycles. The molecular formula is C28H27F3N4O2. The van der Waals surface area contributed by atoms with Crippen molar-refractivity contribution in [1.29, 1.82) is 5.26 Å². The van der Waals surface area contributed by atoms with E-state index < -0.39 is 24.5 Å². The molecule has 37 heavy (non-hydrogen) atoms. The Balaban J connectivity index is 1.54. The zero-order valence-corrected chi connectivity index (χ0v) is 20.1. The fourth-order valence-corrected chi connectivity index (χ4v) is 4.79. The smallest absolute Gasteiger partial charge is 0.393 e. The normalized spacial score (nSPS) is 17.1. The van der Waals surface area contributed by atoms with Crippen molar-refractivity contribution in [3.05, 3.63) is 77.0 Å². The minimum atomic E-state index is -4.39. The Morgan fingerprint density at radius 1 is 1.05 bits per heavy atom. The zero-order chi connectivity index (χ0) is 26.2. The van der Waals surface area contributed by atoms with Crippen LogP contribution in [-0.2, 0) is 12.7 Å². The lowest BCUT2D eigenvalue weighted by Crippen LogP contribution is -2.30. The minimum absolute atomic E-state index is 0.136. The Labute approximate surface area is 213 Å². The number of anilines is 2. The lowest BCUT2D eigenvalue weighted by molar-refractivity contribution is -0.137. The number of halogens is 3. The number of benzene rings is 2. The van der Waals surface area contributed by atoms with Crippen molar-refractivity contribution in [1.82, 2.24) is 9.88 Å². The van der Waals surface area contributed by atoms with Crippen LogP contribution in [0.15, 0.2) is 54.6 Å². The number of hydrogen-bond acceptors (Lipinski definition) is 6. The van der Waals surface area contributed by atoms with Gasteiger partial charge in [0.15, 0.2) is 0 Å². The Morgan fingerprint density at radius 2 is 1.81 bits per heavy atom. The Hall–Kier alpha value is -3.45. The Kier molecular flexibility index (Phi) is 6.90. The average Bonchev–Trinajstić information content (AvgIpc) is 3.73. The van der Waals surface area contributed by atoms with Crippen LogP contribution in [0.2, 0.25) is 0 Å². The summed E-state index contributed by atoms with van der Waals surface area (Å²) in [5, 5.41) is 28.9. The molecule has 1 aliphatic carbocycles. The molecule has 0 spiro atoms. The highest BCUT2D eigenvalue weighted by Gasteiger charge is 2.31. The lowest BCUT2D eigenvalue weighted by Gasteiger charge is -2.26. The Morgan fingerprint density at radius 3 is 2.46 bits per heavy atom. The predicted molar refractivity (Wildman–Crippen MR) is 133 cm³/mol. The molecule has 1 aliphatic heterocycles. The van der Waals surface area contributed by atoms with Crippen LogP contribution in [0.3, 0.4) is 0 Å². The lowest BCUT2D eigenvalue weighted by atomic mass is 10.0. The standard InChI is InChI=1S/C28H27F3N4O2/c29-28(30,31)22-4-6-24(7-5-22)35-10-9-34(15-18-1-2-18)16-21-11-19(3-8-26(21)35)25-13-20(27(37)17-36)12-23(14-32)33-25/h3-8,11-13,18,27,36-37H,1-2,9-10,15-17H2. The second-order valence-electron chi connectivity index (χ2n) is 9.70. The largest absolute Gasteiger partial charge is 0.416 e. The van der Waals surface area contributed by atoms with Gasteiger partial charge in [-0.1, -0.05) is 6.07 Å². The first-order valence-corrected chi connectivity index (χ1v) is 12.3. The Bertz CT molecular complexity index is 1320. The first kappa shape index (κ1) is 25.2. The van der Waals surface area contributed by atoms with Gasteiger partial charge >= 0.3 is 6.18 Å². The van der Waals surface area contributed by atoms with Crippen LogP contribution >= 0.6 is 0 Å². The number of aromatic nitrogens is 1. The van der Waals surface area contributed by atoms with E-state index in [-0.39, 0.29) is 5.69 Å². The van der Waals surface area contributed by atoms with Crippen LogP contribution in [0.5, 0.6) is 0 Å². The van der Waals surface area contributed by atoms with Gasteiger partial charge < -0.3 is 15.1 Å². The highest BCUT2D eigenvalue weighted by molar-refractivity contribution is 5.72. The van der Waals surface area contributed by atoms with Crippen LogP contribution in [0.1, 0.15) is 41.3 Å². The molecule has 6 nitrogen and oxygen atoms in total. The van der Waals surface area contributed by atoms with Crippen molar-refractivity contribution >= 4 is 11.4 Å². The molecule has 1 unspecified atom stereocenters. The molecule has 0 saturated heterocycles. The molecule has 1 aromatic heterocycles. The maximum Gasteiger partial charge on any atom is 0.416 e. The number of rotatable bonds is 6. The number of fused-ring (bicyclic) bond motifs is 1. The number of pyridine rings is 1. The summed E-state index contributed by atoms with van der Waals surface area (Å²) in [6.07, 6.45) is -3.09. The van der Waals surface area contributed by atoms with Crippen LogP contribution in [0, 0.1) is 17.2 Å². The number of aliphatic hydroxyl groups excluding tert-OH is 2. The summed E-state index contributed by atoms with van der Waals surface area (Å²) in [6.45, 7) is 2.59. The summed E-state index contributed by atoms with van der Waals surface area (Å²) in [5.41, 5.74) is 3.72. The van der Waals surface area contributed by atoms with Crippen molar-refractivity contribution in [2.45, 2.75) is 31.7 Å². The van der Waals surface area contributed by atoms with Gasteiger partial charge in [-0.05, 0) is 78.4 Å². The zero-order valence-electron chi connectivity index (χ0n) is 20.1. The van der Waals surface area contributed by atoms with Crippen molar-refractivity contribution < 1.29 is 23.4 Å². The number of aliphatic hydroxyl groups is 2. The van der Waals surface area contributed by atoms with Gasteiger partial charge in [-0.3, -0.25) is 4.90 Å². The summed E-state index contributed by atoms with van der Waals surface area (Å²) in [4.78, 5) is 8.84. The number of alkyl halides is 3. The minimum Gasteiger partial charge on any atom is -0.393 e. The molecule has 0 bridgehead atoms. The summed E-state index contributed by atoms with van der Waals surface area (Å²) >= 11 is 0. The molecule has 1 atom stereocenters. The highest BCUT2D eigenvalue weighted by atomic mass is 19.4. The molecular weight excluding hydrogens is 481 g/mol. The molecule has 5 rings (SSSR count). The summed E-state index contributed by atoms with van der Waals surface area (Å²) in [7, 11) is 0. The number of nitriles is 1. The maximum atomic E-state index is 13.1. The molecule has 2 aliphatic rings. The van der Waals surface area contributed by atoms with E-state index in [0.29, 0.717) is 36.0 Å². The topological polar surface area (TPSA) is 83.6 Å². The third-order valence-corrected chi connectivity index (χ3v) is 6.94. The molecule has 192 valence electrons. The summed E-state index contributed by atoms with van der Waals surface area (Å²) in [6, 6.07) is 16.2. The van der Waals surface area contributed by atoms with E-state index in [1.54, 1.807) is 6.07 Å². The van der Waals surface area contributed by atoms with Crippen molar-refractivity contribution in [3.8, 4) is 17.3 Å². The van der Waals surface area contributed by atoms with Gasteiger partial charge in [0, 0.05) is 43.1 Å². The molecule has 2 heterocycles. The van der Waals surface area contributed by atoms with Crippen LogP contribution < -0.4 is 4.90 Å². The molecule has 9 heteroatoms. The van der Waals surface area contributed by atoms with Gasteiger partial charge in [-0.2, -0.15) is 18.4 Å².